The van der Waals surface area contributed by atoms with Crippen LogP contribution in [0.4, 0.5) is 11.8 Å². The Morgan fingerprint density at radius 1 is 1.16 bits per heavy atom. The van der Waals surface area contributed by atoms with Crippen molar-refractivity contribution in [3.63, 3.8) is 0 Å². The molecule has 0 unspecified atom stereocenters. The van der Waals surface area contributed by atoms with Crippen molar-refractivity contribution in [3.05, 3.63) is 6.33 Å². The molecule has 2 aromatic heterocycles. The summed E-state index contributed by atoms with van der Waals surface area (Å²) >= 11 is 0. The summed E-state index contributed by atoms with van der Waals surface area (Å²) in [5.41, 5.74) is 1.70. The van der Waals surface area contributed by atoms with E-state index in [2.05, 4.69) is 50.8 Å². The van der Waals surface area contributed by atoms with Crippen molar-refractivity contribution in [2.75, 3.05) is 56.6 Å². The van der Waals surface area contributed by atoms with Crippen LogP contribution in [0.15, 0.2) is 6.33 Å². The number of aromatic nitrogens is 4. The number of anilines is 2. The van der Waals surface area contributed by atoms with E-state index in [0.717, 1.165) is 75.3 Å². The Balaban J connectivity index is 1.77. The normalized spacial score (nSPS) is 15.8. The summed E-state index contributed by atoms with van der Waals surface area (Å²) in [6, 6.07) is 0.268. The zero-order valence-electron chi connectivity index (χ0n) is 15.5. The molecule has 2 N–H and O–H groups in total. The molecule has 0 saturated carbocycles. The summed E-state index contributed by atoms with van der Waals surface area (Å²) in [4.78, 5) is 16.0. The van der Waals surface area contributed by atoms with Crippen LogP contribution in [0.1, 0.15) is 33.2 Å². The minimum atomic E-state index is 0.268. The zero-order valence-corrected chi connectivity index (χ0v) is 15.5. The lowest BCUT2D eigenvalue weighted by Gasteiger charge is -2.26. The van der Waals surface area contributed by atoms with E-state index in [0.29, 0.717) is 0 Å². The lowest BCUT2D eigenvalue weighted by Crippen LogP contribution is -2.39. The Labute approximate surface area is 149 Å². The average Bonchev–Trinajstić information content (AvgIpc) is 3.00. The highest BCUT2D eigenvalue weighted by Gasteiger charge is 2.18. The summed E-state index contributed by atoms with van der Waals surface area (Å²) in [7, 11) is 0. The number of hydrogen-bond acceptors (Lipinski definition) is 7. The maximum Gasteiger partial charge on any atom is 0.205 e. The molecule has 1 aliphatic heterocycles. The molecule has 25 heavy (non-hydrogen) atoms. The second-order valence-corrected chi connectivity index (χ2v) is 6.60. The fraction of sp³-hybridized carbons (Fsp3) is 0.706. The lowest BCUT2D eigenvalue weighted by atomic mass is 10.4. The molecule has 0 spiro atoms. The molecule has 8 heteroatoms. The van der Waals surface area contributed by atoms with Gasteiger partial charge >= 0.3 is 0 Å². The highest BCUT2D eigenvalue weighted by molar-refractivity contribution is 5.85. The Hall–Kier alpha value is -1.93. The van der Waals surface area contributed by atoms with E-state index in [1.807, 2.05) is 0 Å². The van der Waals surface area contributed by atoms with Crippen molar-refractivity contribution in [3.8, 4) is 0 Å². The van der Waals surface area contributed by atoms with Gasteiger partial charge in [0.15, 0.2) is 17.0 Å². The number of hydrogen-bond donors (Lipinski definition) is 2. The van der Waals surface area contributed by atoms with Crippen molar-refractivity contribution in [2.45, 2.75) is 33.2 Å². The van der Waals surface area contributed by atoms with E-state index in [9.17, 15) is 0 Å². The van der Waals surface area contributed by atoms with Gasteiger partial charge < -0.3 is 15.4 Å². The van der Waals surface area contributed by atoms with E-state index >= 15 is 0 Å². The first-order chi connectivity index (χ1) is 12.2. The van der Waals surface area contributed by atoms with Crippen LogP contribution in [0.2, 0.25) is 0 Å². The van der Waals surface area contributed by atoms with Crippen molar-refractivity contribution in [1.29, 1.82) is 0 Å². The van der Waals surface area contributed by atoms with E-state index in [1.165, 1.54) is 0 Å². The molecule has 138 valence electrons. The lowest BCUT2D eigenvalue weighted by molar-refractivity contribution is 0.0398. The van der Waals surface area contributed by atoms with Crippen molar-refractivity contribution < 1.29 is 4.74 Å². The topological polar surface area (TPSA) is 80.1 Å². The van der Waals surface area contributed by atoms with Gasteiger partial charge in [0.05, 0.1) is 13.2 Å². The summed E-state index contributed by atoms with van der Waals surface area (Å²) in [5.74, 6) is 1.67. The Morgan fingerprint density at radius 3 is 2.68 bits per heavy atom. The van der Waals surface area contributed by atoms with Crippen LogP contribution >= 0.6 is 0 Å². The van der Waals surface area contributed by atoms with Gasteiger partial charge in [-0.3, -0.25) is 9.47 Å². The molecule has 0 atom stereocenters. The largest absolute Gasteiger partial charge is 0.379 e. The van der Waals surface area contributed by atoms with Gasteiger partial charge in [0.1, 0.15) is 6.33 Å². The molecule has 1 fully saturated rings. The first kappa shape index (κ1) is 17.9. The van der Waals surface area contributed by atoms with E-state index in [-0.39, 0.29) is 6.04 Å². The Kier molecular flexibility index (Phi) is 6.04. The molecule has 0 aromatic carbocycles. The van der Waals surface area contributed by atoms with Crippen molar-refractivity contribution >= 4 is 22.9 Å². The summed E-state index contributed by atoms with van der Waals surface area (Å²) < 4.78 is 7.55. The first-order valence-electron chi connectivity index (χ1n) is 9.21. The minimum absolute atomic E-state index is 0.268. The average molecular weight is 347 g/mol. The smallest absolute Gasteiger partial charge is 0.205 e. The molecule has 1 aliphatic rings. The third-order valence-corrected chi connectivity index (χ3v) is 4.35. The maximum absolute atomic E-state index is 5.40. The van der Waals surface area contributed by atoms with E-state index in [1.54, 1.807) is 6.33 Å². The number of imidazole rings is 1. The van der Waals surface area contributed by atoms with Gasteiger partial charge in [-0.25, -0.2) is 15.0 Å². The molecule has 0 amide bonds. The highest BCUT2D eigenvalue weighted by Crippen LogP contribution is 2.26. The molecule has 3 rings (SSSR count). The van der Waals surface area contributed by atoms with Gasteiger partial charge in [-0.05, 0) is 20.3 Å². The number of ether oxygens (including phenoxy) is 1. The monoisotopic (exact) mass is 347 g/mol. The van der Waals surface area contributed by atoms with Crippen LogP contribution in [0, 0.1) is 0 Å². The van der Waals surface area contributed by atoms with Gasteiger partial charge in [0, 0.05) is 38.8 Å². The van der Waals surface area contributed by atoms with E-state index in [4.69, 9.17) is 9.72 Å². The third kappa shape index (κ3) is 4.19. The number of morpholine rings is 1. The van der Waals surface area contributed by atoms with Gasteiger partial charge in [-0.15, -0.1) is 0 Å². The van der Waals surface area contributed by atoms with Crippen LogP contribution in [0.25, 0.3) is 11.2 Å². The number of fused-ring (bicyclic) bond motifs is 1. The number of nitrogens with zero attached hydrogens (tertiary/aromatic N) is 5. The molecule has 8 nitrogen and oxygen atoms in total. The van der Waals surface area contributed by atoms with Crippen LogP contribution < -0.4 is 10.6 Å². The third-order valence-electron chi connectivity index (χ3n) is 4.35. The summed E-state index contributed by atoms with van der Waals surface area (Å²) in [5, 5.41) is 6.84. The molecule has 1 saturated heterocycles. The molecular weight excluding hydrogens is 318 g/mol. The fourth-order valence-electron chi connectivity index (χ4n) is 3.05. The van der Waals surface area contributed by atoms with Crippen LogP contribution in [-0.2, 0) is 4.74 Å². The number of rotatable bonds is 8. The van der Waals surface area contributed by atoms with Crippen LogP contribution in [-0.4, -0.2) is 70.4 Å². The molecule has 0 radical (unpaired) electrons. The second-order valence-electron chi connectivity index (χ2n) is 6.60. The van der Waals surface area contributed by atoms with Crippen molar-refractivity contribution in [1.82, 2.24) is 24.4 Å². The van der Waals surface area contributed by atoms with E-state index < -0.39 is 0 Å². The van der Waals surface area contributed by atoms with Crippen LogP contribution in [0.3, 0.4) is 0 Å². The maximum atomic E-state index is 5.40. The minimum Gasteiger partial charge on any atom is -0.379 e. The Morgan fingerprint density at radius 2 is 1.96 bits per heavy atom. The first-order valence-corrected chi connectivity index (χ1v) is 9.21. The predicted octanol–water partition coefficient (Wildman–Crippen LogP) is 1.97. The van der Waals surface area contributed by atoms with Crippen LogP contribution in [0.5, 0.6) is 0 Å². The molecule has 3 heterocycles. The summed E-state index contributed by atoms with van der Waals surface area (Å²) in [6.07, 6.45) is 2.65. The highest BCUT2D eigenvalue weighted by atomic mass is 16.5. The molecular formula is C17H29N7O. The molecule has 2 aromatic rings. The number of nitrogens with one attached hydrogen (secondary N) is 2. The standard InChI is InChI=1S/C17H29N7O/c1-4-5-18-15-14-16(21-12-20-15)24(13(2)3)17(22-14)19-6-7-23-8-10-25-11-9-23/h12-13H,4-11H2,1-3H3,(H,19,22)(H,18,20,21). The van der Waals surface area contributed by atoms with Gasteiger partial charge in [-0.2, -0.15) is 0 Å². The SMILES string of the molecule is CCCNc1ncnc2c1nc(NCCN1CCOCC1)n2C(C)C. The quantitative estimate of drug-likeness (QED) is 0.756. The van der Waals surface area contributed by atoms with Crippen molar-refractivity contribution in [2.24, 2.45) is 0 Å². The van der Waals surface area contributed by atoms with Gasteiger partial charge in [-0.1, -0.05) is 6.92 Å². The van der Waals surface area contributed by atoms with Gasteiger partial charge in [0.2, 0.25) is 5.95 Å². The molecule has 0 aliphatic carbocycles. The predicted molar refractivity (Wildman–Crippen MR) is 100 cm³/mol. The fourth-order valence-corrected chi connectivity index (χ4v) is 3.05. The zero-order chi connectivity index (χ0) is 17.6. The second kappa shape index (κ2) is 8.44. The summed E-state index contributed by atoms with van der Waals surface area (Å²) in [6.45, 7) is 12.8. The van der Waals surface area contributed by atoms with Gasteiger partial charge in [0.25, 0.3) is 0 Å². The molecule has 0 bridgehead atoms. The Bertz CT molecular complexity index is 679.